The highest BCUT2D eigenvalue weighted by Gasteiger charge is 2.17. The van der Waals surface area contributed by atoms with Gasteiger partial charge in [0.05, 0.1) is 12.1 Å². The van der Waals surface area contributed by atoms with Crippen molar-refractivity contribution in [2.45, 2.75) is 26.8 Å². The lowest BCUT2D eigenvalue weighted by molar-refractivity contribution is -0.135. The minimum atomic E-state index is -0.0420. The smallest absolute Gasteiger partial charge is 0.225 e. The van der Waals surface area contributed by atoms with E-state index >= 15 is 0 Å². The number of thiocarbonyl (C=S) groups is 1. The maximum atomic E-state index is 12.2. The minimum absolute atomic E-state index is 0.0420. The number of hydrogen-bond donors (Lipinski definition) is 1. The molecule has 0 bridgehead atoms. The Balaban J connectivity index is 2.76. The number of nitrogens with two attached hydrogens (primary N) is 1. The van der Waals surface area contributed by atoms with E-state index in [1.165, 1.54) is 0 Å². The lowest BCUT2D eigenvalue weighted by atomic mass is 10.1. The molecule has 0 aliphatic rings. The molecule has 5 heteroatoms. The molecule has 0 aromatic heterocycles. The molecule has 0 unspecified atom stereocenters. The molecule has 110 valence electrons. The second kappa shape index (κ2) is 7.85. The van der Waals surface area contributed by atoms with E-state index in [0.717, 1.165) is 11.3 Å². The Morgan fingerprint density at radius 1 is 1.35 bits per heavy atom. The highest BCUT2D eigenvalue weighted by Crippen LogP contribution is 2.14. The standard InChI is InChI=1S/C15H22N2O2S/c1-11(2)15(18)17(9-8-14(16)20)10-12-4-6-13(19-3)7-5-12/h4-7,11H,8-10H2,1-3H3,(H2,16,20). The van der Waals surface area contributed by atoms with E-state index in [4.69, 9.17) is 22.7 Å². The number of carbonyl (C=O) groups is 1. The van der Waals surface area contributed by atoms with Crippen LogP contribution in [0.3, 0.4) is 0 Å². The summed E-state index contributed by atoms with van der Waals surface area (Å²) in [6.07, 6.45) is 0.546. The zero-order valence-corrected chi connectivity index (χ0v) is 13.1. The molecule has 0 aliphatic carbocycles. The van der Waals surface area contributed by atoms with Crippen LogP contribution in [0.2, 0.25) is 0 Å². The molecule has 1 rings (SSSR count). The van der Waals surface area contributed by atoms with Crippen molar-refractivity contribution in [2.75, 3.05) is 13.7 Å². The van der Waals surface area contributed by atoms with Crippen LogP contribution in [0, 0.1) is 5.92 Å². The molecular formula is C15H22N2O2S. The molecule has 0 fully saturated rings. The van der Waals surface area contributed by atoms with Gasteiger partial charge >= 0.3 is 0 Å². The molecule has 1 amide bonds. The van der Waals surface area contributed by atoms with Gasteiger partial charge in [-0.25, -0.2) is 0 Å². The van der Waals surface area contributed by atoms with Crippen molar-refractivity contribution >= 4 is 23.1 Å². The van der Waals surface area contributed by atoms with Crippen LogP contribution in [0.25, 0.3) is 0 Å². The number of ether oxygens (including phenoxy) is 1. The van der Waals surface area contributed by atoms with Gasteiger partial charge in [0, 0.05) is 25.4 Å². The quantitative estimate of drug-likeness (QED) is 0.784. The number of methoxy groups -OCH3 is 1. The van der Waals surface area contributed by atoms with Crippen LogP contribution in [0.15, 0.2) is 24.3 Å². The van der Waals surface area contributed by atoms with E-state index in [1.807, 2.05) is 38.1 Å². The number of rotatable bonds is 7. The van der Waals surface area contributed by atoms with Gasteiger partial charge in [-0.1, -0.05) is 38.2 Å². The summed E-state index contributed by atoms with van der Waals surface area (Å²) in [5, 5.41) is 0. The molecule has 0 saturated heterocycles. The van der Waals surface area contributed by atoms with Gasteiger partial charge in [-0.15, -0.1) is 0 Å². The van der Waals surface area contributed by atoms with E-state index < -0.39 is 0 Å². The van der Waals surface area contributed by atoms with Gasteiger partial charge in [0.1, 0.15) is 5.75 Å². The fourth-order valence-electron chi connectivity index (χ4n) is 1.83. The summed E-state index contributed by atoms with van der Waals surface area (Å²) >= 11 is 4.89. The van der Waals surface area contributed by atoms with Crippen molar-refractivity contribution in [3.8, 4) is 5.75 Å². The largest absolute Gasteiger partial charge is 0.497 e. The van der Waals surface area contributed by atoms with Crippen molar-refractivity contribution < 1.29 is 9.53 Å². The SMILES string of the molecule is COc1ccc(CN(CCC(N)=S)C(=O)C(C)C)cc1. The average molecular weight is 294 g/mol. The first-order chi connectivity index (χ1) is 9.43. The maximum absolute atomic E-state index is 12.2. The summed E-state index contributed by atoms with van der Waals surface area (Å²) in [4.78, 5) is 14.4. The van der Waals surface area contributed by atoms with Crippen LogP contribution in [0.4, 0.5) is 0 Å². The van der Waals surface area contributed by atoms with Crippen molar-refractivity contribution in [3.05, 3.63) is 29.8 Å². The van der Waals surface area contributed by atoms with E-state index in [1.54, 1.807) is 12.0 Å². The van der Waals surface area contributed by atoms with Gasteiger partial charge in [0.25, 0.3) is 0 Å². The fourth-order valence-corrected chi connectivity index (χ4v) is 1.92. The molecule has 0 saturated carbocycles. The Kier molecular flexibility index (Phi) is 6.45. The van der Waals surface area contributed by atoms with Crippen molar-refractivity contribution in [2.24, 2.45) is 11.7 Å². The predicted octanol–water partition coefficient (Wildman–Crippen LogP) is 2.36. The summed E-state index contributed by atoms with van der Waals surface area (Å²) in [7, 11) is 1.63. The van der Waals surface area contributed by atoms with Crippen molar-refractivity contribution in [3.63, 3.8) is 0 Å². The number of benzene rings is 1. The normalized spacial score (nSPS) is 10.4. The highest BCUT2D eigenvalue weighted by atomic mass is 32.1. The number of amides is 1. The Hall–Kier alpha value is -1.62. The number of hydrogen-bond acceptors (Lipinski definition) is 3. The van der Waals surface area contributed by atoms with E-state index in [2.05, 4.69) is 0 Å². The van der Waals surface area contributed by atoms with Crippen LogP contribution in [-0.2, 0) is 11.3 Å². The van der Waals surface area contributed by atoms with Crippen LogP contribution in [-0.4, -0.2) is 29.5 Å². The molecule has 0 radical (unpaired) electrons. The van der Waals surface area contributed by atoms with Gasteiger partial charge in [-0.2, -0.15) is 0 Å². The average Bonchev–Trinajstić information content (AvgIpc) is 2.43. The van der Waals surface area contributed by atoms with Gasteiger partial charge in [-0.05, 0) is 17.7 Å². The summed E-state index contributed by atoms with van der Waals surface area (Å²) in [6, 6.07) is 7.70. The molecule has 4 nitrogen and oxygen atoms in total. The van der Waals surface area contributed by atoms with Gasteiger partial charge in [0.2, 0.25) is 5.91 Å². The van der Waals surface area contributed by atoms with Crippen LogP contribution in [0.5, 0.6) is 5.75 Å². The fraction of sp³-hybridized carbons (Fsp3) is 0.467. The number of nitrogens with zero attached hydrogens (tertiary/aromatic N) is 1. The Morgan fingerprint density at radius 2 is 1.95 bits per heavy atom. The molecule has 20 heavy (non-hydrogen) atoms. The third kappa shape index (κ3) is 5.17. The predicted molar refractivity (Wildman–Crippen MR) is 84.7 cm³/mol. The summed E-state index contributed by atoms with van der Waals surface area (Å²) in [5.74, 6) is 0.871. The van der Waals surface area contributed by atoms with Crippen LogP contribution in [0.1, 0.15) is 25.8 Å². The van der Waals surface area contributed by atoms with Crippen LogP contribution < -0.4 is 10.5 Å². The second-order valence-electron chi connectivity index (χ2n) is 4.98. The molecule has 0 atom stereocenters. The number of carbonyl (C=O) groups excluding carboxylic acids is 1. The van der Waals surface area contributed by atoms with Crippen molar-refractivity contribution in [1.29, 1.82) is 0 Å². The Labute approximate surface area is 125 Å². The summed E-state index contributed by atoms with van der Waals surface area (Å²) < 4.78 is 5.12. The van der Waals surface area contributed by atoms with Gasteiger partial charge in [0.15, 0.2) is 0 Å². The third-order valence-electron chi connectivity index (χ3n) is 2.97. The van der Waals surface area contributed by atoms with E-state index in [9.17, 15) is 4.79 Å². The summed E-state index contributed by atoms with van der Waals surface area (Å²) in [6.45, 7) is 4.90. The Morgan fingerprint density at radius 3 is 2.40 bits per heavy atom. The molecule has 0 heterocycles. The van der Waals surface area contributed by atoms with Gasteiger partial charge < -0.3 is 15.4 Å². The third-order valence-corrected chi connectivity index (χ3v) is 3.17. The lowest BCUT2D eigenvalue weighted by Gasteiger charge is -2.24. The molecule has 0 aliphatic heterocycles. The maximum Gasteiger partial charge on any atom is 0.225 e. The van der Waals surface area contributed by atoms with E-state index in [-0.39, 0.29) is 11.8 Å². The molecule has 0 spiro atoms. The zero-order chi connectivity index (χ0) is 15.1. The lowest BCUT2D eigenvalue weighted by Crippen LogP contribution is -2.36. The monoisotopic (exact) mass is 294 g/mol. The first-order valence-electron chi connectivity index (χ1n) is 6.64. The zero-order valence-electron chi connectivity index (χ0n) is 12.3. The molecule has 2 N–H and O–H groups in total. The second-order valence-corrected chi connectivity index (χ2v) is 5.50. The Bertz CT molecular complexity index is 457. The first kappa shape index (κ1) is 16.4. The summed E-state index contributed by atoms with van der Waals surface area (Å²) in [5.41, 5.74) is 6.58. The molecular weight excluding hydrogens is 272 g/mol. The molecule has 1 aromatic carbocycles. The van der Waals surface area contributed by atoms with Crippen molar-refractivity contribution in [1.82, 2.24) is 4.90 Å². The molecule has 1 aromatic rings. The topological polar surface area (TPSA) is 55.6 Å². The first-order valence-corrected chi connectivity index (χ1v) is 7.05. The highest BCUT2D eigenvalue weighted by molar-refractivity contribution is 7.80. The minimum Gasteiger partial charge on any atom is -0.497 e. The van der Waals surface area contributed by atoms with E-state index in [0.29, 0.717) is 24.5 Å². The van der Waals surface area contributed by atoms with Gasteiger partial charge in [-0.3, -0.25) is 4.79 Å². The van der Waals surface area contributed by atoms with Crippen LogP contribution >= 0.6 is 12.2 Å².